The molecule has 35 heavy (non-hydrogen) atoms. The summed E-state index contributed by atoms with van der Waals surface area (Å²) in [5.74, 6) is -0.0379. The third kappa shape index (κ3) is 8.37. The number of hydrogen-bond acceptors (Lipinski definition) is 5. The van der Waals surface area contributed by atoms with Gasteiger partial charge in [-0.25, -0.2) is 0 Å². The molecule has 0 aliphatic rings. The highest BCUT2D eigenvalue weighted by molar-refractivity contribution is 6.30. The van der Waals surface area contributed by atoms with Gasteiger partial charge in [0.1, 0.15) is 5.75 Å². The fourth-order valence-corrected chi connectivity index (χ4v) is 4.03. The first kappa shape index (κ1) is 26.7. The maximum Gasteiger partial charge on any atom is 0.224 e. The topological polar surface area (TPSA) is 102 Å². The maximum absolute atomic E-state index is 12.4. The zero-order valence-corrected chi connectivity index (χ0v) is 20.8. The standard InChI is InChI=1S/C28H33ClN2O4/c1-28(2,31-17-26(34)22-8-11-25(33)23(14-22)18-32)15-21-5-3-4-20(12-21)13-27(35)30-16-19-6-9-24(29)10-7-19/h3-12,14,26,31-34H,13,15-18H2,1-2H3,(H,30,35)/t26-/m0/s1. The summed E-state index contributed by atoms with van der Waals surface area (Å²) in [6.45, 7) is 4.59. The predicted octanol–water partition coefficient (Wildman–Crippen LogP) is 4.04. The van der Waals surface area contributed by atoms with E-state index in [9.17, 15) is 20.1 Å². The summed E-state index contributed by atoms with van der Waals surface area (Å²) >= 11 is 5.90. The first-order valence-electron chi connectivity index (χ1n) is 11.6. The lowest BCUT2D eigenvalue weighted by Crippen LogP contribution is -2.43. The summed E-state index contributed by atoms with van der Waals surface area (Å²) < 4.78 is 0. The number of aliphatic hydroxyl groups is 2. The zero-order valence-electron chi connectivity index (χ0n) is 20.1. The molecule has 0 aliphatic heterocycles. The van der Waals surface area contributed by atoms with Gasteiger partial charge in [0, 0.05) is 29.2 Å². The second-order valence-electron chi connectivity index (χ2n) is 9.40. The van der Waals surface area contributed by atoms with E-state index in [0.29, 0.717) is 42.1 Å². The van der Waals surface area contributed by atoms with Crippen molar-refractivity contribution in [1.82, 2.24) is 10.6 Å². The van der Waals surface area contributed by atoms with E-state index in [0.717, 1.165) is 16.7 Å². The minimum Gasteiger partial charge on any atom is -0.508 e. The fraction of sp³-hybridized carbons (Fsp3) is 0.321. The Kier molecular flexibility index (Phi) is 9.29. The number of aromatic hydroxyl groups is 1. The van der Waals surface area contributed by atoms with Crippen molar-refractivity contribution in [1.29, 1.82) is 0 Å². The van der Waals surface area contributed by atoms with E-state index in [1.807, 2.05) is 36.4 Å². The van der Waals surface area contributed by atoms with Crippen molar-refractivity contribution in [3.63, 3.8) is 0 Å². The highest BCUT2D eigenvalue weighted by Gasteiger charge is 2.20. The zero-order chi connectivity index (χ0) is 25.4. The molecule has 186 valence electrons. The SMILES string of the molecule is CC(C)(Cc1cccc(CC(=O)NCc2ccc(Cl)cc2)c1)NC[C@H](O)c1ccc(O)c(CO)c1. The van der Waals surface area contributed by atoms with E-state index >= 15 is 0 Å². The van der Waals surface area contributed by atoms with Crippen LogP contribution in [0.25, 0.3) is 0 Å². The number of nitrogens with one attached hydrogen (secondary N) is 2. The molecular weight excluding hydrogens is 464 g/mol. The maximum atomic E-state index is 12.4. The van der Waals surface area contributed by atoms with Gasteiger partial charge in [0.05, 0.1) is 19.1 Å². The van der Waals surface area contributed by atoms with Gasteiger partial charge in [0.25, 0.3) is 0 Å². The molecule has 0 aromatic heterocycles. The largest absolute Gasteiger partial charge is 0.508 e. The van der Waals surface area contributed by atoms with Crippen molar-refractivity contribution in [2.75, 3.05) is 6.54 Å². The van der Waals surface area contributed by atoms with Gasteiger partial charge in [-0.2, -0.15) is 0 Å². The highest BCUT2D eigenvalue weighted by atomic mass is 35.5. The van der Waals surface area contributed by atoms with Gasteiger partial charge in [-0.15, -0.1) is 0 Å². The van der Waals surface area contributed by atoms with Gasteiger partial charge >= 0.3 is 0 Å². The normalized spacial score (nSPS) is 12.4. The van der Waals surface area contributed by atoms with E-state index in [4.69, 9.17) is 11.6 Å². The van der Waals surface area contributed by atoms with Gasteiger partial charge in [-0.3, -0.25) is 4.79 Å². The lowest BCUT2D eigenvalue weighted by atomic mass is 9.93. The fourth-order valence-electron chi connectivity index (χ4n) is 3.90. The molecule has 0 bridgehead atoms. The first-order valence-corrected chi connectivity index (χ1v) is 12.0. The summed E-state index contributed by atoms with van der Waals surface area (Å²) in [6.07, 6.45) is 0.218. The van der Waals surface area contributed by atoms with Crippen LogP contribution in [0.3, 0.4) is 0 Å². The highest BCUT2D eigenvalue weighted by Crippen LogP contribution is 2.23. The Morgan fingerprint density at radius 1 is 1.00 bits per heavy atom. The molecule has 3 aromatic carbocycles. The van der Waals surface area contributed by atoms with E-state index in [-0.39, 0.29) is 23.8 Å². The van der Waals surface area contributed by atoms with Crippen molar-refractivity contribution in [2.45, 2.75) is 51.5 Å². The molecule has 1 amide bonds. The number of benzene rings is 3. The van der Waals surface area contributed by atoms with E-state index in [1.165, 1.54) is 6.07 Å². The lowest BCUT2D eigenvalue weighted by Gasteiger charge is -2.28. The van der Waals surface area contributed by atoms with Crippen LogP contribution in [0.5, 0.6) is 5.75 Å². The van der Waals surface area contributed by atoms with Crippen molar-refractivity contribution >= 4 is 17.5 Å². The molecule has 3 rings (SSSR count). The smallest absolute Gasteiger partial charge is 0.224 e. The number of phenols is 1. The minimum absolute atomic E-state index is 0.00952. The predicted molar refractivity (Wildman–Crippen MR) is 138 cm³/mol. The van der Waals surface area contributed by atoms with Crippen LogP contribution in [0.4, 0.5) is 0 Å². The summed E-state index contributed by atoms with van der Waals surface area (Å²) in [7, 11) is 0. The number of amides is 1. The molecule has 0 saturated carbocycles. The van der Waals surface area contributed by atoms with E-state index in [1.54, 1.807) is 24.3 Å². The molecule has 0 fully saturated rings. The second kappa shape index (κ2) is 12.2. The van der Waals surface area contributed by atoms with Crippen LogP contribution in [0.1, 0.15) is 47.8 Å². The Hall–Kier alpha value is -2.90. The molecular formula is C28H33ClN2O4. The first-order chi connectivity index (χ1) is 16.6. The van der Waals surface area contributed by atoms with Crippen molar-refractivity contribution in [3.05, 3.63) is 99.6 Å². The van der Waals surface area contributed by atoms with Gasteiger partial charge in [0.2, 0.25) is 5.91 Å². The van der Waals surface area contributed by atoms with E-state index < -0.39 is 6.10 Å². The Balaban J connectivity index is 1.52. The molecule has 0 aliphatic carbocycles. The Bertz CT molecular complexity index is 1130. The van der Waals surface area contributed by atoms with Crippen molar-refractivity contribution in [3.8, 4) is 5.75 Å². The second-order valence-corrected chi connectivity index (χ2v) is 9.84. The summed E-state index contributed by atoms with van der Waals surface area (Å²) in [5, 5.41) is 36.6. The number of β-amino-alcohol motifs (C(OH)–C–C–N with tert-alkyl or cyclic N) is 1. The number of rotatable bonds is 11. The average molecular weight is 497 g/mol. The molecule has 3 aromatic rings. The minimum atomic E-state index is -0.782. The number of carbonyl (C=O) groups excluding carboxylic acids is 1. The van der Waals surface area contributed by atoms with Crippen LogP contribution >= 0.6 is 11.6 Å². The Labute approximate surface area is 211 Å². The molecule has 6 nitrogen and oxygen atoms in total. The Morgan fingerprint density at radius 2 is 1.71 bits per heavy atom. The molecule has 0 spiro atoms. The van der Waals surface area contributed by atoms with Crippen LogP contribution in [-0.2, 0) is 30.8 Å². The summed E-state index contributed by atoms with van der Waals surface area (Å²) in [4.78, 5) is 12.4. The lowest BCUT2D eigenvalue weighted by molar-refractivity contribution is -0.120. The molecule has 0 saturated heterocycles. The van der Waals surface area contributed by atoms with Crippen LogP contribution in [0, 0.1) is 0 Å². The molecule has 0 unspecified atom stereocenters. The van der Waals surface area contributed by atoms with Crippen LogP contribution in [0.15, 0.2) is 66.7 Å². The van der Waals surface area contributed by atoms with Gasteiger partial charge < -0.3 is 26.0 Å². The van der Waals surface area contributed by atoms with Crippen molar-refractivity contribution in [2.24, 2.45) is 0 Å². The quantitative estimate of drug-likeness (QED) is 0.276. The van der Waals surface area contributed by atoms with Crippen LogP contribution in [-0.4, -0.2) is 33.3 Å². The van der Waals surface area contributed by atoms with E-state index in [2.05, 4.69) is 24.5 Å². The van der Waals surface area contributed by atoms with Crippen LogP contribution in [0.2, 0.25) is 5.02 Å². The number of aliphatic hydroxyl groups excluding tert-OH is 2. The van der Waals surface area contributed by atoms with Crippen LogP contribution < -0.4 is 10.6 Å². The summed E-state index contributed by atoms with van der Waals surface area (Å²) in [6, 6.07) is 20.1. The molecule has 5 N–H and O–H groups in total. The van der Waals surface area contributed by atoms with Gasteiger partial charge in [-0.05, 0) is 66.8 Å². The van der Waals surface area contributed by atoms with Gasteiger partial charge in [0.15, 0.2) is 0 Å². The monoisotopic (exact) mass is 496 g/mol. The number of hydrogen-bond donors (Lipinski definition) is 5. The third-order valence-electron chi connectivity index (χ3n) is 5.84. The molecule has 0 heterocycles. The molecule has 0 radical (unpaired) electrons. The molecule has 7 heteroatoms. The number of halogens is 1. The Morgan fingerprint density at radius 3 is 2.43 bits per heavy atom. The van der Waals surface area contributed by atoms with Gasteiger partial charge in [-0.1, -0.05) is 54.1 Å². The average Bonchev–Trinajstić information content (AvgIpc) is 2.82. The summed E-state index contributed by atoms with van der Waals surface area (Å²) in [5.41, 5.74) is 3.72. The van der Waals surface area contributed by atoms with Crippen molar-refractivity contribution < 1.29 is 20.1 Å². The number of carbonyl (C=O) groups is 1. The third-order valence-corrected chi connectivity index (χ3v) is 6.09. The molecule has 1 atom stereocenters.